The molecule has 1 saturated heterocycles. The lowest BCUT2D eigenvalue weighted by Crippen LogP contribution is -2.42. The number of aromatic nitrogens is 2. The number of piperidine rings is 1. The van der Waals surface area contributed by atoms with Gasteiger partial charge in [0.05, 0.1) is 18.2 Å². The van der Waals surface area contributed by atoms with Gasteiger partial charge < -0.3 is 4.90 Å². The summed E-state index contributed by atoms with van der Waals surface area (Å²) >= 11 is 0. The Kier molecular flexibility index (Phi) is 5.41. The van der Waals surface area contributed by atoms with Crippen LogP contribution >= 0.6 is 0 Å². The minimum atomic E-state index is -0.0346. The third-order valence-corrected chi connectivity index (χ3v) is 6.42. The fourth-order valence-corrected chi connectivity index (χ4v) is 4.39. The Morgan fingerprint density at radius 1 is 0.839 bits per heavy atom. The minimum Gasteiger partial charge on any atom is -0.342 e. The second-order valence-electron chi connectivity index (χ2n) is 8.67. The third kappa shape index (κ3) is 4.46. The number of amides is 1. The Balaban J connectivity index is 1.19. The number of nitrogens with zero attached hydrogens (tertiary/aromatic N) is 3. The number of hydrogen-bond acceptors (Lipinski definition) is 3. The van der Waals surface area contributed by atoms with Gasteiger partial charge in [0.25, 0.3) is 5.56 Å². The van der Waals surface area contributed by atoms with Crippen LogP contribution in [0.2, 0.25) is 0 Å². The Labute approximate surface area is 182 Å². The quantitative estimate of drug-likeness (QED) is 0.630. The molecule has 0 bridgehead atoms. The van der Waals surface area contributed by atoms with Gasteiger partial charge >= 0.3 is 0 Å². The molecular weight excluding hydrogens is 386 g/mol. The molecule has 1 aromatic heterocycles. The lowest BCUT2D eigenvalue weighted by atomic mass is 10.0. The molecule has 2 fully saturated rings. The van der Waals surface area contributed by atoms with Crippen LogP contribution in [0.5, 0.6) is 0 Å². The van der Waals surface area contributed by atoms with E-state index in [4.69, 9.17) is 0 Å². The molecule has 1 amide bonds. The summed E-state index contributed by atoms with van der Waals surface area (Å²) in [5.74, 6) is 0.680. The van der Waals surface area contributed by atoms with Crippen molar-refractivity contribution in [1.29, 1.82) is 0 Å². The smallest absolute Gasteiger partial charge is 0.267 e. The van der Waals surface area contributed by atoms with Gasteiger partial charge in [0.1, 0.15) is 0 Å². The highest BCUT2D eigenvalue weighted by Crippen LogP contribution is 2.38. The van der Waals surface area contributed by atoms with E-state index < -0.39 is 0 Å². The van der Waals surface area contributed by atoms with Gasteiger partial charge in [-0.25, -0.2) is 4.68 Å². The predicted octanol–water partition coefficient (Wildman–Crippen LogP) is 4.19. The average Bonchev–Trinajstić information content (AvgIpc) is 3.66. The predicted molar refractivity (Wildman–Crippen MR) is 121 cm³/mol. The van der Waals surface area contributed by atoms with Gasteiger partial charge in [-0.1, -0.05) is 54.6 Å². The monoisotopic (exact) mass is 413 g/mol. The molecule has 0 atom stereocenters. The number of carbonyl (C=O) groups excluding carboxylic acids is 1. The SMILES string of the molecule is O=C(Cc1ccc(-c2ccccc2)cc1)N1CCC(n2nc(C3CC3)ccc2=O)CC1. The molecule has 5 rings (SSSR count). The molecular formula is C26H27N3O2. The fourth-order valence-electron chi connectivity index (χ4n) is 4.39. The molecule has 1 aliphatic carbocycles. The van der Waals surface area contributed by atoms with Crippen LogP contribution in [0, 0.1) is 0 Å². The van der Waals surface area contributed by atoms with E-state index in [1.165, 1.54) is 18.4 Å². The molecule has 5 nitrogen and oxygen atoms in total. The van der Waals surface area contributed by atoms with Gasteiger partial charge in [0.15, 0.2) is 0 Å². The molecule has 2 heterocycles. The van der Waals surface area contributed by atoms with Crippen molar-refractivity contribution >= 4 is 5.91 Å². The zero-order valence-corrected chi connectivity index (χ0v) is 17.6. The molecule has 0 radical (unpaired) electrons. The van der Waals surface area contributed by atoms with Crippen molar-refractivity contribution in [2.45, 2.75) is 44.1 Å². The number of benzene rings is 2. The summed E-state index contributed by atoms with van der Waals surface area (Å²) in [4.78, 5) is 27.1. The molecule has 31 heavy (non-hydrogen) atoms. The van der Waals surface area contributed by atoms with Crippen molar-refractivity contribution < 1.29 is 4.79 Å². The van der Waals surface area contributed by atoms with Gasteiger partial charge in [-0.05, 0) is 48.4 Å². The van der Waals surface area contributed by atoms with Crippen LogP contribution in [0.4, 0.5) is 0 Å². The topological polar surface area (TPSA) is 55.2 Å². The Bertz CT molecular complexity index is 1110. The largest absolute Gasteiger partial charge is 0.342 e. The van der Waals surface area contributed by atoms with Gasteiger partial charge in [-0.15, -0.1) is 0 Å². The molecule has 5 heteroatoms. The van der Waals surface area contributed by atoms with E-state index in [1.807, 2.05) is 41.3 Å². The molecule has 2 aliphatic rings. The standard InChI is InChI=1S/C26H27N3O2/c30-25-13-12-24(22-10-11-22)27-29(25)23-14-16-28(17-15-23)26(31)18-19-6-8-21(9-7-19)20-4-2-1-3-5-20/h1-9,12-13,22-23H,10-11,14-18H2. The van der Waals surface area contributed by atoms with Gasteiger partial charge in [-0.3, -0.25) is 9.59 Å². The Morgan fingerprint density at radius 3 is 2.19 bits per heavy atom. The number of hydrogen-bond donors (Lipinski definition) is 0. The van der Waals surface area contributed by atoms with Crippen molar-refractivity contribution in [3.05, 3.63) is 88.3 Å². The van der Waals surface area contributed by atoms with Crippen molar-refractivity contribution in [2.75, 3.05) is 13.1 Å². The van der Waals surface area contributed by atoms with Crippen molar-refractivity contribution in [1.82, 2.24) is 14.7 Å². The molecule has 0 spiro atoms. The zero-order valence-electron chi connectivity index (χ0n) is 17.6. The maximum absolute atomic E-state index is 12.8. The zero-order chi connectivity index (χ0) is 21.2. The van der Waals surface area contributed by atoms with E-state index in [9.17, 15) is 9.59 Å². The van der Waals surface area contributed by atoms with Crippen LogP contribution in [0.3, 0.4) is 0 Å². The first kappa shape index (κ1) is 19.7. The lowest BCUT2D eigenvalue weighted by Gasteiger charge is -2.32. The summed E-state index contributed by atoms with van der Waals surface area (Å²) in [5.41, 5.74) is 4.37. The summed E-state index contributed by atoms with van der Waals surface area (Å²) in [5, 5.41) is 4.63. The van der Waals surface area contributed by atoms with E-state index >= 15 is 0 Å². The van der Waals surface area contributed by atoms with Crippen molar-refractivity contribution in [3.63, 3.8) is 0 Å². The summed E-state index contributed by atoms with van der Waals surface area (Å²) in [6.07, 6.45) is 4.31. The van der Waals surface area contributed by atoms with Gasteiger partial charge in [0.2, 0.25) is 5.91 Å². The van der Waals surface area contributed by atoms with Crippen molar-refractivity contribution in [3.8, 4) is 11.1 Å². The maximum atomic E-state index is 12.8. The number of carbonyl (C=O) groups is 1. The van der Waals surface area contributed by atoms with E-state index in [1.54, 1.807) is 10.7 Å². The van der Waals surface area contributed by atoms with E-state index in [-0.39, 0.29) is 17.5 Å². The second-order valence-corrected chi connectivity index (χ2v) is 8.67. The third-order valence-electron chi connectivity index (χ3n) is 6.42. The van der Waals surface area contributed by atoms with Crippen molar-refractivity contribution in [2.24, 2.45) is 0 Å². The fraction of sp³-hybridized carbons (Fsp3) is 0.346. The summed E-state index contributed by atoms with van der Waals surface area (Å²) in [6, 6.07) is 22.1. The average molecular weight is 414 g/mol. The molecule has 3 aromatic rings. The van der Waals surface area contributed by atoms with E-state index in [2.05, 4.69) is 29.4 Å². The van der Waals surface area contributed by atoms with Crippen LogP contribution in [-0.4, -0.2) is 33.7 Å². The molecule has 2 aromatic carbocycles. The summed E-state index contributed by atoms with van der Waals surface area (Å²) in [6.45, 7) is 1.35. The maximum Gasteiger partial charge on any atom is 0.267 e. The molecule has 0 unspecified atom stereocenters. The second kappa shape index (κ2) is 8.50. The highest BCUT2D eigenvalue weighted by Gasteiger charge is 2.28. The van der Waals surface area contributed by atoms with Crippen LogP contribution in [0.1, 0.15) is 48.9 Å². The van der Waals surface area contributed by atoms with Crippen LogP contribution < -0.4 is 5.56 Å². The summed E-state index contributed by atoms with van der Waals surface area (Å²) in [7, 11) is 0. The van der Waals surface area contributed by atoms with Gasteiger partial charge in [0, 0.05) is 25.1 Å². The Hall–Kier alpha value is -3.21. The minimum absolute atomic E-state index is 0.0346. The highest BCUT2D eigenvalue weighted by atomic mass is 16.2. The molecule has 158 valence electrons. The normalized spacial score (nSPS) is 17.0. The number of likely N-dealkylation sites (tertiary alicyclic amines) is 1. The van der Waals surface area contributed by atoms with Crippen LogP contribution in [0.15, 0.2) is 71.5 Å². The van der Waals surface area contributed by atoms with Gasteiger partial charge in [-0.2, -0.15) is 5.10 Å². The van der Waals surface area contributed by atoms with E-state index in [0.29, 0.717) is 25.4 Å². The first-order chi connectivity index (χ1) is 15.2. The molecule has 0 N–H and O–H groups in total. The molecule has 1 saturated carbocycles. The lowest BCUT2D eigenvalue weighted by molar-refractivity contribution is -0.131. The summed E-state index contributed by atoms with van der Waals surface area (Å²) < 4.78 is 1.66. The van der Waals surface area contributed by atoms with Crippen LogP contribution in [0.25, 0.3) is 11.1 Å². The first-order valence-electron chi connectivity index (χ1n) is 11.2. The Morgan fingerprint density at radius 2 is 1.52 bits per heavy atom. The molecule has 1 aliphatic heterocycles. The number of rotatable bonds is 5. The first-order valence-corrected chi connectivity index (χ1v) is 11.2. The van der Waals surface area contributed by atoms with E-state index in [0.717, 1.165) is 29.7 Å². The van der Waals surface area contributed by atoms with Crippen LogP contribution in [-0.2, 0) is 11.2 Å². The highest BCUT2D eigenvalue weighted by molar-refractivity contribution is 5.79.